The third-order valence-corrected chi connectivity index (χ3v) is 4.79. The van der Waals surface area contributed by atoms with Crippen molar-refractivity contribution in [3.63, 3.8) is 0 Å². The van der Waals surface area contributed by atoms with Crippen LogP contribution in [-0.4, -0.2) is 17.4 Å². The van der Waals surface area contributed by atoms with Gasteiger partial charge in [-0.25, -0.2) is 8.78 Å². The molecule has 0 unspecified atom stereocenters. The molecule has 0 saturated heterocycles. The molecule has 2 rings (SSSR count). The minimum atomic E-state index is -0.893. The van der Waals surface area contributed by atoms with E-state index in [2.05, 4.69) is 35.8 Å². The lowest BCUT2D eigenvalue weighted by Gasteiger charge is -2.11. The summed E-state index contributed by atoms with van der Waals surface area (Å²) in [6.07, 6.45) is 0.968. The van der Waals surface area contributed by atoms with Gasteiger partial charge in [0.25, 0.3) is 0 Å². The van der Waals surface area contributed by atoms with E-state index >= 15 is 0 Å². The minimum absolute atomic E-state index is 0.407. The lowest BCUT2D eigenvalue weighted by molar-refractivity contribution is 0.509. The van der Waals surface area contributed by atoms with Gasteiger partial charge in [0.2, 0.25) is 0 Å². The Labute approximate surface area is 151 Å². The van der Waals surface area contributed by atoms with Crippen molar-refractivity contribution >= 4 is 34.8 Å². The van der Waals surface area contributed by atoms with Gasteiger partial charge in [0, 0.05) is 24.1 Å². The molecule has 0 radical (unpaired) electrons. The molecule has 0 aromatic heterocycles. The highest BCUT2D eigenvalue weighted by Crippen LogP contribution is 2.16. The Balaban J connectivity index is 1.61. The molecule has 2 nitrogen and oxygen atoms in total. The first kappa shape index (κ1) is 18.7. The molecular weight excluding hydrogens is 346 g/mol. The topological polar surface area (TPSA) is 24.1 Å². The average Bonchev–Trinajstić information content (AvgIpc) is 2.56. The van der Waals surface area contributed by atoms with E-state index in [-0.39, 0.29) is 0 Å². The predicted molar refractivity (Wildman–Crippen MR) is 103 cm³/mol. The van der Waals surface area contributed by atoms with Gasteiger partial charge < -0.3 is 10.6 Å². The van der Waals surface area contributed by atoms with E-state index in [0.717, 1.165) is 36.6 Å². The smallest absolute Gasteiger partial charge is 0.170 e. The van der Waals surface area contributed by atoms with Crippen molar-refractivity contribution in [2.45, 2.75) is 19.1 Å². The van der Waals surface area contributed by atoms with Crippen molar-refractivity contribution in [3.8, 4) is 0 Å². The molecule has 0 aliphatic heterocycles. The van der Waals surface area contributed by atoms with Gasteiger partial charge in [0.15, 0.2) is 16.7 Å². The van der Waals surface area contributed by atoms with Gasteiger partial charge in [0.05, 0.1) is 0 Å². The van der Waals surface area contributed by atoms with E-state index in [9.17, 15) is 8.78 Å². The zero-order valence-corrected chi connectivity index (χ0v) is 15.1. The molecule has 24 heavy (non-hydrogen) atoms. The first-order chi connectivity index (χ1) is 11.6. The Morgan fingerprint density at radius 2 is 1.92 bits per heavy atom. The van der Waals surface area contributed by atoms with Crippen LogP contribution in [0, 0.1) is 18.6 Å². The van der Waals surface area contributed by atoms with E-state index in [4.69, 9.17) is 12.2 Å². The number of hydrogen-bond donors (Lipinski definition) is 2. The predicted octanol–water partition coefficient (Wildman–Crippen LogP) is 4.88. The number of thioether (sulfide) groups is 1. The van der Waals surface area contributed by atoms with E-state index in [0.29, 0.717) is 10.8 Å². The Morgan fingerprint density at radius 3 is 2.67 bits per heavy atom. The summed E-state index contributed by atoms with van der Waals surface area (Å²) in [5.74, 6) is 0.264. The second-order valence-electron chi connectivity index (χ2n) is 5.34. The van der Waals surface area contributed by atoms with Crippen molar-refractivity contribution < 1.29 is 8.78 Å². The van der Waals surface area contributed by atoms with Crippen molar-refractivity contribution in [2.24, 2.45) is 0 Å². The Bertz CT molecular complexity index is 692. The van der Waals surface area contributed by atoms with Crippen molar-refractivity contribution in [1.29, 1.82) is 0 Å². The molecule has 0 bridgehead atoms. The monoisotopic (exact) mass is 366 g/mol. The molecule has 128 valence electrons. The van der Waals surface area contributed by atoms with Crippen LogP contribution in [0.3, 0.4) is 0 Å². The molecule has 0 saturated carbocycles. The average molecular weight is 367 g/mol. The van der Waals surface area contributed by atoms with Gasteiger partial charge in [-0.05, 0) is 54.6 Å². The third kappa shape index (κ3) is 6.09. The van der Waals surface area contributed by atoms with Gasteiger partial charge in [-0.15, -0.1) is 0 Å². The van der Waals surface area contributed by atoms with Gasteiger partial charge in [-0.1, -0.05) is 24.3 Å². The minimum Gasteiger partial charge on any atom is -0.362 e. The summed E-state index contributed by atoms with van der Waals surface area (Å²) in [4.78, 5) is 0. The summed E-state index contributed by atoms with van der Waals surface area (Å²) in [6, 6.07) is 12.0. The lowest BCUT2D eigenvalue weighted by atomic mass is 10.1. The Morgan fingerprint density at radius 1 is 1.12 bits per heavy atom. The summed E-state index contributed by atoms with van der Waals surface area (Å²) in [5.41, 5.74) is 3.12. The highest BCUT2D eigenvalue weighted by Gasteiger charge is 2.03. The summed E-state index contributed by atoms with van der Waals surface area (Å²) in [6.45, 7) is 2.86. The molecule has 0 fully saturated rings. The molecule has 0 aliphatic carbocycles. The number of anilines is 1. The molecule has 2 aromatic rings. The lowest BCUT2D eigenvalue weighted by Crippen LogP contribution is -2.29. The largest absolute Gasteiger partial charge is 0.362 e. The zero-order chi connectivity index (χ0) is 17.4. The fourth-order valence-corrected chi connectivity index (χ4v) is 3.34. The van der Waals surface area contributed by atoms with Crippen LogP contribution in [0.5, 0.6) is 0 Å². The van der Waals surface area contributed by atoms with Crippen LogP contribution in [0.4, 0.5) is 14.5 Å². The maximum Gasteiger partial charge on any atom is 0.170 e. The van der Waals surface area contributed by atoms with Gasteiger partial charge in [-0.3, -0.25) is 0 Å². The standard InChI is InChI=1S/C18H20F2N2S2/c1-13-5-2-3-6-14(13)12-24-10-4-9-21-18(23)22-15-7-8-16(19)17(20)11-15/h2-3,5-8,11H,4,9-10,12H2,1H3,(H2,21,22,23). The maximum atomic E-state index is 13.1. The number of rotatable bonds is 7. The van der Waals surface area contributed by atoms with Crippen LogP contribution in [-0.2, 0) is 5.75 Å². The van der Waals surface area contributed by atoms with Gasteiger partial charge >= 0.3 is 0 Å². The highest BCUT2D eigenvalue weighted by molar-refractivity contribution is 7.98. The number of benzene rings is 2. The third-order valence-electron chi connectivity index (χ3n) is 3.45. The van der Waals surface area contributed by atoms with Crippen molar-refractivity contribution in [3.05, 3.63) is 65.2 Å². The second kappa shape index (κ2) is 9.59. The molecular formula is C18H20F2N2S2. The number of nitrogens with one attached hydrogen (secondary N) is 2. The summed E-state index contributed by atoms with van der Waals surface area (Å²) in [7, 11) is 0. The van der Waals surface area contributed by atoms with Crippen LogP contribution in [0.2, 0.25) is 0 Å². The fourth-order valence-electron chi connectivity index (χ4n) is 2.08. The number of hydrogen-bond acceptors (Lipinski definition) is 2. The van der Waals surface area contributed by atoms with E-state index < -0.39 is 11.6 Å². The Hall–Kier alpha value is -1.66. The van der Waals surface area contributed by atoms with Crippen LogP contribution < -0.4 is 10.6 Å². The van der Waals surface area contributed by atoms with E-state index in [1.807, 2.05) is 17.8 Å². The molecule has 6 heteroatoms. The highest BCUT2D eigenvalue weighted by atomic mass is 32.2. The van der Waals surface area contributed by atoms with E-state index in [1.165, 1.54) is 17.2 Å². The van der Waals surface area contributed by atoms with Crippen LogP contribution in [0.1, 0.15) is 17.5 Å². The number of halogens is 2. The first-order valence-corrected chi connectivity index (χ1v) is 9.24. The van der Waals surface area contributed by atoms with Crippen LogP contribution in [0.15, 0.2) is 42.5 Å². The van der Waals surface area contributed by atoms with Crippen LogP contribution >= 0.6 is 24.0 Å². The van der Waals surface area contributed by atoms with Crippen molar-refractivity contribution in [2.75, 3.05) is 17.6 Å². The number of thiocarbonyl (C=S) groups is 1. The van der Waals surface area contributed by atoms with Gasteiger partial charge in [0.1, 0.15) is 0 Å². The van der Waals surface area contributed by atoms with Crippen LogP contribution in [0.25, 0.3) is 0 Å². The van der Waals surface area contributed by atoms with Crippen molar-refractivity contribution in [1.82, 2.24) is 5.32 Å². The molecule has 2 aromatic carbocycles. The molecule has 0 atom stereocenters. The summed E-state index contributed by atoms with van der Waals surface area (Å²) >= 11 is 7.02. The first-order valence-electron chi connectivity index (χ1n) is 7.68. The molecule has 0 spiro atoms. The SMILES string of the molecule is Cc1ccccc1CSCCCNC(=S)Nc1ccc(F)c(F)c1. The molecule has 2 N–H and O–H groups in total. The zero-order valence-electron chi connectivity index (χ0n) is 13.4. The molecule has 0 heterocycles. The maximum absolute atomic E-state index is 13.1. The Kier molecular flexibility index (Phi) is 7.46. The quantitative estimate of drug-likeness (QED) is 0.539. The molecule has 0 amide bonds. The number of aryl methyl sites for hydroxylation is 1. The summed E-state index contributed by atoms with van der Waals surface area (Å²) in [5, 5.41) is 6.31. The second-order valence-corrected chi connectivity index (χ2v) is 6.86. The fraction of sp³-hybridized carbons (Fsp3) is 0.278. The summed E-state index contributed by atoms with van der Waals surface area (Å²) < 4.78 is 26.0. The van der Waals surface area contributed by atoms with Gasteiger partial charge in [-0.2, -0.15) is 11.8 Å². The molecule has 0 aliphatic rings. The van der Waals surface area contributed by atoms with E-state index in [1.54, 1.807) is 0 Å². The normalized spacial score (nSPS) is 10.5.